The normalized spacial score (nSPS) is 21.9. The number of aliphatic imine (C=N–C) groups is 1. The van der Waals surface area contributed by atoms with Gasteiger partial charge in [-0.25, -0.2) is 4.68 Å². The monoisotopic (exact) mass is 274 g/mol. The lowest BCUT2D eigenvalue weighted by Crippen LogP contribution is -2.27. The average molecular weight is 274 g/mol. The first-order valence-corrected chi connectivity index (χ1v) is 5.67. The Kier molecular flexibility index (Phi) is 3.44. The van der Waals surface area contributed by atoms with Crippen LogP contribution in [0.3, 0.4) is 0 Å². The minimum Gasteiger partial charge on any atom is -0.382 e. The van der Waals surface area contributed by atoms with Crippen molar-refractivity contribution in [3.8, 4) is 0 Å². The van der Waals surface area contributed by atoms with Gasteiger partial charge in [0.25, 0.3) is 0 Å². The van der Waals surface area contributed by atoms with Gasteiger partial charge < -0.3 is 5.11 Å². The number of hydrogen-bond donors (Lipinski definition) is 1. The minimum atomic E-state index is -4.51. The fourth-order valence-corrected chi connectivity index (χ4v) is 1.98. The van der Waals surface area contributed by atoms with Crippen molar-refractivity contribution in [2.45, 2.75) is 31.7 Å². The van der Waals surface area contributed by atoms with Crippen molar-refractivity contribution in [3.05, 3.63) is 23.5 Å². The van der Waals surface area contributed by atoms with Crippen LogP contribution in [-0.4, -0.2) is 38.0 Å². The summed E-state index contributed by atoms with van der Waals surface area (Å²) in [5.41, 5.74) is -0.350. The van der Waals surface area contributed by atoms with Crippen molar-refractivity contribution < 1.29 is 18.3 Å². The fourth-order valence-electron chi connectivity index (χ4n) is 1.98. The zero-order chi connectivity index (χ0) is 14.2. The highest BCUT2D eigenvalue weighted by Crippen LogP contribution is 2.31. The largest absolute Gasteiger partial charge is 0.432 e. The van der Waals surface area contributed by atoms with E-state index in [0.29, 0.717) is 5.69 Å². The molecule has 0 fully saturated rings. The molecule has 8 heteroatoms. The molecular formula is C11H13F3N4O. The molecule has 2 rings (SSSR count). The third-order valence-corrected chi connectivity index (χ3v) is 2.88. The van der Waals surface area contributed by atoms with Crippen LogP contribution in [0.5, 0.6) is 0 Å². The number of alkyl halides is 3. The number of aromatic nitrogens is 3. The zero-order valence-corrected chi connectivity index (χ0v) is 10.4. The van der Waals surface area contributed by atoms with Gasteiger partial charge in [0.2, 0.25) is 0 Å². The van der Waals surface area contributed by atoms with Gasteiger partial charge in [-0.3, -0.25) is 4.99 Å². The number of hydrogen-bond acceptors (Lipinski definition) is 4. The molecule has 0 aliphatic carbocycles. The van der Waals surface area contributed by atoms with Crippen molar-refractivity contribution in [1.82, 2.24) is 15.0 Å². The Morgan fingerprint density at radius 3 is 2.68 bits per heavy atom. The molecule has 0 saturated carbocycles. The maximum atomic E-state index is 12.7. The summed E-state index contributed by atoms with van der Waals surface area (Å²) >= 11 is 0. The molecule has 1 aliphatic heterocycles. The number of allylic oxidation sites excluding steroid dienone is 1. The van der Waals surface area contributed by atoms with Gasteiger partial charge in [-0.1, -0.05) is 5.21 Å². The van der Waals surface area contributed by atoms with Crippen molar-refractivity contribution >= 4 is 5.71 Å². The first-order valence-electron chi connectivity index (χ1n) is 5.67. The second kappa shape index (κ2) is 4.76. The molecule has 19 heavy (non-hydrogen) atoms. The maximum absolute atomic E-state index is 12.7. The number of nitrogens with zero attached hydrogens (tertiary/aromatic N) is 4. The molecule has 5 nitrogen and oxygen atoms in total. The number of halogens is 3. The highest BCUT2D eigenvalue weighted by molar-refractivity contribution is 6.00. The van der Waals surface area contributed by atoms with Crippen LogP contribution in [0, 0.1) is 0 Å². The Balaban J connectivity index is 2.33. The predicted molar refractivity (Wildman–Crippen MR) is 61.6 cm³/mol. The lowest BCUT2D eigenvalue weighted by Gasteiger charge is -2.23. The topological polar surface area (TPSA) is 63.3 Å². The fraction of sp³-hybridized carbons (Fsp3) is 0.545. The first-order chi connectivity index (χ1) is 8.79. The maximum Gasteiger partial charge on any atom is 0.432 e. The lowest BCUT2D eigenvalue weighted by atomic mass is 9.95. The summed E-state index contributed by atoms with van der Waals surface area (Å²) in [7, 11) is 1.57. The highest BCUT2D eigenvalue weighted by atomic mass is 19.4. The Bertz CT molecular complexity index is 532. The van der Waals surface area contributed by atoms with Gasteiger partial charge in [-0.2, -0.15) is 13.2 Å². The van der Waals surface area contributed by atoms with Crippen molar-refractivity contribution in [1.29, 1.82) is 0 Å². The number of aliphatic hydroxyl groups is 1. The molecule has 1 aromatic heterocycles. The van der Waals surface area contributed by atoms with E-state index in [2.05, 4.69) is 15.3 Å². The molecule has 0 radical (unpaired) electrons. The number of dihydropyridines is 1. The van der Waals surface area contributed by atoms with Crippen LogP contribution < -0.4 is 0 Å². The van der Waals surface area contributed by atoms with Gasteiger partial charge in [0, 0.05) is 7.05 Å². The Morgan fingerprint density at radius 2 is 2.16 bits per heavy atom. The van der Waals surface area contributed by atoms with E-state index in [-0.39, 0.29) is 12.0 Å². The Labute approximate surface area is 107 Å². The summed E-state index contributed by atoms with van der Waals surface area (Å²) in [4.78, 5) is 3.56. The molecule has 0 saturated heterocycles. The minimum absolute atomic E-state index is 0.264. The summed E-state index contributed by atoms with van der Waals surface area (Å²) in [6, 6.07) is -0.521. The summed E-state index contributed by atoms with van der Waals surface area (Å²) in [6.45, 7) is 1.58. The molecule has 2 atom stereocenters. The van der Waals surface area contributed by atoms with Crippen LogP contribution >= 0.6 is 0 Å². The van der Waals surface area contributed by atoms with Crippen LogP contribution in [0.25, 0.3) is 0 Å². The van der Waals surface area contributed by atoms with Gasteiger partial charge in [0.1, 0.15) is 11.8 Å². The molecule has 0 amide bonds. The van der Waals surface area contributed by atoms with Crippen LogP contribution in [0.4, 0.5) is 13.2 Å². The standard InChI is InChI=1S/C11H13F3N4O/c1-6-3-7(4-9(16-6)11(12,13)14)10(19)8-5-15-17-18(8)2/h4-6,10,19H,3H2,1-2H3/t6-,10?/m1/s1. The van der Waals surface area contributed by atoms with E-state index in [1.807, 2.05) is 0 Å². The number of rotatable bonds is 2. The molecule has 1 aliphatic rings. The van der Waals surface area contributed by atoms with E-state index in [1.54, 1.807) is 14.0 Å². The van der Waals surface area contributed by atoms with Crippen LogP contribution in [0.2, 0.25) is 0 Å². The van der Waals surface area contributed by atoms with E-state index < -0.39 is 24.0 Å². The summed E-state index contributed by atoms with van der Waals surface area (Å²) < 4.78 is 39.4. The van der Waals surface area contributed by atoms with Crippen molar-refractivity contribution in [3.63, 3.8) is 0 Å². The average Bonchev–Trinajstić information content (AvgIpc) is 2.72. The van der Waals surface area contributed by atoms with Crippen LogP contribution in [0.1, 0.15) is 25.1 Å². The van der Waals surface area contributed by atoms with Gasteiger partial charge in [0.05, 0.1) is 17.9 Å². The molecule has 2 heterocycles. The Hall–Kier alpha value is -1.70. The van der Waals surface area contributed by atoms with Crippen molar-refractivity contribution in [2.75, 3.05) is 0 Å². The predicted octanol–water partition coefficient (Wildman–Crippen LogP) is 1.57. The van der Waals surface area contributed by atoms with E-state index in [4.69, 9.17) is 0 Å². The highest BCUT2D eigenvalue weighted by Gasteiger charge is 2.37. The molecule has 104 valence electrons. The van der Waals surface area contributed by atoms with Gasteiger partial charge in [-0.05, 0) is 25.0 Å². The van der Waals surface area contributed by atoms with Crippen LogP contribution in [0.15, 0.2) is 22.8 Å². The quantitative estimate of drug-likeness (QED) is 0.890. The van der Waals surface area contributed by atoms with E-state index in [9.17, 15) is 18.3 Å². The first kappa shape index (κ1) is 13.7. The molecule has 0 bridgehead atoms. The molecule has 1 aromatic rings. The van der Waals surface area contributed by atoms with Crippen molar-refractivity contribution in [2.24, 2.45) is 12.0 Å². The third-order valence-electron chi connectivity index (χ3n) is 2.88. The van der Waals surface area contributed by atoms with Gasteiger partial charge in [-0.15, -0.1) is 5.10 Å². The van der Waals surface area contributed by atoms with E-state index in [0.717, 1.165) is 6.08 Å². The number of aliphatic hydroxyl groups excluding tert-OH is 1. The van der Waals surface area contributed by atoms with Gasteiger partial charge >= 0.3 is 6.18 Å². The second-order valence-electron chi connectivity index (χ2n) is 4.47. The van der Waals surface area contributed by atoms with E-state index in [1.165, 1.54) is 10.9 Å². The molecule has 1 N–H and O–H groups in total. The SMILES string of the molecule is C[C@@H]1CC(C(O)c2cnnn2C)=CC(C(F)(F)F)=N1. The Morgan fingerprint density at radius 1 is 1.47 bits per heavy atom. The van der Waals surface area contributed by atoms with E-state index >= 15 is 0 Å². The molecule has 0 spiro atoms. The lowest BCUT2D eigenvalue weighted by molar-refractivity contribution is -0.0583. The summed E-state index contributed by atoms with van der Waals surface area (Å²) in [6.07, 6.45) is -3.17. The summed E-state index contributed by atoms with van der Waals surface area (Å²) in [5, 5.41) is 17.4. The molecular weight excluding hydrogens is 261 g/mol. The second-order valence-corrected chi connectivity index (χ2v) is 4.47. The summed E-state index contributed by atoms with van der Waals surface area (Å²) in [5.74, 6) is 0. The van der Waals surface area contributed by atoms with Gasteiger partial charge in [0.15, 0.2) is 0 Å². The smallest absolute Gasteiger partial charge is 0.382 e. The molecule has 0 aromatic carbocycles. The molecule has 1 unspecified atom stereocenters. The number of aryl methyl sites for hydroxylation is 1. The van der Waals surface area contributed by atoms with Crippen LogP contribution in [-0.2, 0) is 7.05 Å². The zero-order valence-electron chi connectivity index (χ0n) is 10.4. The third kappa shape index (κ3) is 2.83.